The van der Waals surface area contributed by atoms with Crippen LogP contribution < -0.4 is 5.32 Å². The molecule has 2 atom stereocenters. The Morgan fingerprint density at radius 2 is 2.18 bits per heavy atom. The Kier molecular flexibility index (Phi) is 3.07. The number of amides is 1. The second kappa shape index (κ2) is 4.13. The predicted molar refractivity (Wildman–Crippen MR) is 53.2 cm³/mol. The van der Waals surface area contributed by atoms with Crippen LogP contribution in [0.2, 0.25) is 0 Å². The van der Waals surface area contributed by atoms with Gasteiger partial charge in [0.25, 0.3) is 0 Å². The van der Waals surface area contributed by atoms with Gasteiger partial charge in [-0.05, 0) is 19.4 Å². The molecule has 1 unspecified atom stereocenters. The van der Waals surface area contributed by atoms with Gasteiger partial charge in [0.15, 0.2) is 5.60 Å². The zero-order valence-electron chi connectivity index (χ0n) is 9.26. The lowest BCUT2D eigenvalue weighted by Crippen LogP contribution is -2.50. The molecular formula is C10H15F3N2O2. The summed E-state index contributed by atoms with van der Waals surface area (Å²) < 4.78 is 37.7. The maximum atomic E-state index is 12.6. The first-order valence-corrected chi connectivity index (χ1v) is 5.65. The third-order valence-electron chi connectivity index (χ3n) is 3.45. The van der Waals surface area contributed by atoms with E-state index in [9.17, 15) is 23.1 Å². The molecule has 0 saturated carbocycles. The van der Waals surface area contributed by atoms with E-state index in [2.05, 4.69) is 5.32 Å². The summed E-state index contributed by atoms with van der Waals surface area (Å²) >= 11 is 0. The highest BCUT2D eigenvalue weighted by Gasteiger charge is 2.58. The number of likely N-dealkylation sites (tertiary alicyclic amines) is 1. The molecule has 0 aromatic rings. The van der Waals surface area contributed by atoms with Crippen LogP contribution in [0.25, 0.3) is 0 Å². The fourth-order valence-electron chi connectivity index (χ4n) is 2.33. The Balaban J connectivity index is 2.00. The Labute approximate surface area is 96.8 Å². The summed E-state index contributed by atoms with van der Waals surface area (Å²) in [5.74, 6) is -0.331. The number of aliphatic hydroxyl groups is 1. The molecule has 17 heavy (non-hydrogen) atoms. The fraction of sp³-hybridized carbons (Fsp3) is 0.900. The number of β-amino-alcohol motifs (C(OH)–C–C–N with tert-alkyl or cyclic N) is 1. The minimum Gasteiger partial charge on any atom is -0.379 e. The highest BCUT2D eigenvalue weighted by atomic mass is 19.4. The average Bonchev–Trinajstić information content (AvgIpc) is 2.84. The van der Waals surface area contributed by atoms with E-state index in [1.54, 1.807) is 0 Å². The van der Waals surface area contributed by atoms with Crippen LogP contribution in [0.15, 0.2) is 0 Å². The second-order valence-electron chi connectivity index (χ2n) is 4.69. The van der Waals surface area contributed by atoms with E-state index in [-0.39, 0.29) is 18.5 Å². The van der Waals surface area contributed by atoms with E-state index in [1.807, 2.05) is 0 Å². The van der Waals surface area contributed by atoms with Crippen LogP contribution in [0.4, 0.5) is 13.2 Å². The molecule has 0 aromatic carbocycles. The van der Waals surface area contributed by atoms with Gasteiger partial charge in [0.1, 0.15) is 0 Å². The third-order valence-corrected chi connectivity index (χ3v) is 3.45. The number of hydrogen-bond donors (Lipinski definition) is 2. The zero-order valence-corrected chi connectivity index (χ0v) is 9.26. The largest absolute Gasteiger partial charge is 0.419 e. The average molecular weight is 252 g/mol. The summed E-state index contributed by atoms with van der Waals surface area (Å²) in [4.78, 5) is 13.0. The van der Waals surface area contributed by atoms with Crippen molar-refractivity contribution in [2.75, 3.05) is 19.6 Å². The van der Waals surface area contributed by atoms with Crippen LogP contribution in [-0.4, -0.2) is 53.4 Å². The number of nitrogens with one attached hydrogen (secondary N) is 1. The first-order chi connectivity index (χ1) is 7.83. The lowest BCUT2D eigenvalue weighted by atomic mass is 10.0. The van der Waals surface area contributed by atoms with Crippen LogP contribution in [0.3, 0.4) is 0 Å². The van der Waals surface area contributed by atoms with Gasteiger partial charge in [-0.2, -0.15) is 13.2 Å². The van der Waals surface area contributed by atoms with Gasteiger partial charge in [-0.1, -0.05) is 0 Å². The van der Waals surface area contributed by atoms with Gasteiger partial charge in [-0.3, -0.25) is 4.79 Å². The van der Waals surface area contributed by atoms with Gasteiger partial charge in [0, 0.05) is 13.0 Å². The van der Waals surface area contributed by atoms with Gasteiger partial charge in [0.2, 0.25) is 5.91 Å². The van der Waals surface area contributed by atoms with Crippen molar-refractivity contribution in [3.8, 4) is 0 Å². The van der Waals surface area contributed by atoms with Crippen molar-refractivity contribution in [2.45, 2.75) is 37.1 Å². The van der Waals surface area contributed by atoms with Gasteiger partial charge >= 0.3 is 6.18 Å². The molecule has 2 heterocycles. The molecule has 0 spiro atoms. The summed E-state index contributed by atoms with van der Waals surface area (Å²) in [5, 5.41) is 12.4. The van der Waals surface area contributed by atoms with Crippen molar-refractivity contribution in [2.24, 2.45) is 0 Å². The summed E-state index contributed by atoms with van der Waals surface area (Å²) in [5.41, 5.74) is -2.73. The molecule has 2 aliphatic heterocycles. The summed E-state index contributed by atoms with van der Waals surface area (Å²) in [6, 6.07) is -0.384. The number of carbonyl (C=O) groups excluding carboxylic acids is 1. The number of hydrogen-bond acceptors (Lipinski definition) is 3. The van der Waals surface area contributed by atoms with Crippen molar-refractivity contribution in [1.82, 2.24) is 10.2 Å². The molecule has 4 nitrogen and oxygen atoms in total. The first-order valence-electron chi connectivity index (χ1n) is 5.65. The highest BCUT2D eigenvalue weighted by Crippen LogP contribution is 2.37. The molecule has 2 fully saturated rings. The molecule has 2 aliphatic rings. The predicted octanol–water partition coefficient (Wildman–Crippen LogP) is 0.264. The Bertz CT molecular complexity index is 315. The monoisotopic (exact) mass is 252 g/mol. The van der Waals surface area contributed by atoms with Gasteiger partial charge < -0.3 is 15.3 Å². The molecule has 2 saturated heterocycles. The van der Waals surface area contributed by atoms with E-state index in [0.717, 1.165) is 11.3 Å². The maximum Gasteiger partial charge on any atom is 0.419 e. The van der Waals surface area contributed by atoms with Crippen LogP contribution in [0.1, 0.15) is 19.3 Å². The van der Waals surface area contributed by atoms with Crippen molar-refractivity contribution in [1.29, 1.82) is 0 Å². The van der Waals surface area contributed by atoms with Crippen molar-refractivity contribution >= 4 is 5.91 Å². The van der Waals surface area contributed by atoms with E-state index >= 15 is 0 Å². The highest BCUT2D eigenvalue weighted by molar-refractivity contribution is 5.82. The van der Waals surface area contributed by atoms with Crippen LogP contribution >= 0.6 is 0 Å². The molecule has 98 valence electrons. The lowest BCUT2D eigenvalue weighted by molar-refractivity contribution is -0.253. The smallest absolute Gasteiger partial charge is 0.379 e. The molecule has 0 aromatic heterocycles. The molecule has 2 rings (SSSR count). The molecule has 0 radical (unpaired) electrons. The van der Waals surface area contributed by atoms with Crippen LogP contribution in [0, 0.1) is 0 Å². The number of alkyl halides is 3. The Morgan fingerprint density at radius 1 is 1.47 bits per heavy atom. The third kappa shape index (κ3) is 2.26. The number of rotatable bonds is 1. The van der Waals surface area contributed by atoms with E-state index in [1.165, 1.54) is 0 Å². The minimum absolute atomic E-state index is 0.0347. The van der Waals surface area contributed by atoms with Gasteiger partial charge in [0.05, 0.1) is 12.6 Å². The minimum atomic E-state index is -4.68. The Hall–Kier alpha value is -0.820. The zero-order chi connectivity index (χ0) is 12.7. The van der Waals surface area contributed by atoms with E-state index in [0.29, 0.717) is 13.0 Å². The summed E-state index contributed by atoms with van der Waals surface area (Å²) in [6.45, 7) is 0.0360. The summed E-state index contributed by atoms with van der Waals surface area (Å²) in [7, 11) is 0. The first kappa shape index (κ1) is 12.6. The molecule has 1 amide bonds. The van der Waals surface area contributed by atoms with Gasteiger partial charge in [-0.15, -0.1) is 0 Å². The summed E-state index contributed by atoms with van der Waals surface area (Å²) in [6.07, 6.45) is -3.60. The number of nitrogens with zero attached hydrogens (tertiary/aromatic N) is 1. The SMILES string of the molecule is O=C([C@@H]1CCCN1)N1CCC(O)(C(F)(F)F)C1. The molecule has 0 bridgehead atoms. The maximum absolute atomic E-state index is 12.6. The lowest BCUT2D eigenvalue weighted by Gasteiger charge is -2.26. The normalized spacial score (nSPS) is 34.4. The Morgan fingerprint density at radius 3 is 2.65 bits per heavy atom. The fourth-order valence-corrected chi connectivity index (χ4v) is 2.33. The van der Waals surface area contributed by atoms with E-state index < -0.39 is 24.7 Å². The van der Waals surface area contributed by atoms with Crippen molar-refractivity contribution < 1.29 is 23.1 Å². The number of halogens is 3. The molecular weight excluding hydrogens is 237 g/mol. The van der Waals surface area contributed by atoms with Crippen LogP contribution in [-0.2, 0) is 4.79 Å². The molecule has 7 heteroatoms. The second-order valence-corrected chi connectivity index (χ2v) is 4.69. The topological polar surface area (TPSA) is 52.6 Å². The number of carbonyl (C=O) groups is 1. The quantitative estimate of drug-likeness (QED) is 0.704. The van der Waals surface area contributed by atoms with E-state index in [4.69, 9.17) is 0 Å². The van der Waals surface area contributed by atoms with Crippen molar-refractivity contribution in [3.05, 3.63) is 0 Å². The molecule has 2 N–H and O–H groups in total. The van der Waals surface area contributed by atoms with Gasteiger partial charge in [-0.25, -0.2) is 0 Å². The molecule has 0 aliphatic carbocycles. The van der Waals surface area contributed by atoms with Crippen molar-refractivity contribution in [3.63, 3.8) is 0 Å². The van der Waals surface area contributed by atoms with Crippen LogP contribution in [0.5, 0.6) is 0 Å². The standard InChI is InChI=1S/C10H15F3N2O2/c11-10(12,13)9(17)3-5-15(6-9)8(16)7-2-1-4-14-7/h7,14,17H,1-6H2/t7-,9?/m0/s1.